The van der Waals surface area contributed by atoms with Crippen molar-refractivity contribution in [2.24, 2.45) is 11.8 Å². The van der Waals surface area contributed by atoms with Crippen molar-refractivity contribution in [1.29, 1.82) is 0 Å². The Hall–Kier alpha value is -1.14. The number of ether oxygens (including phenoxy) is 4. The summed E-state index contributed by atoms with van der Waals surface area (Å²) in [5.74, 6) is -0.542. The van der Waals surface area contributed by atoms with E-state index in [4.69, 9.17) is 18.9 Å². The monoisotopic (exact) mass is 372 g/mol. The van der Waals surface area contributed by atoms with E-state index in [1.807, 2.05) is 0 Å². The van der Waals surface area contributed by atoms with Crippen molar-refractivity contribution in [3.63, 3.8) is 0 Å². The minimum atomic E-state index is -0.166. The number of carbonyl (C=O) groups excluding carboxylic acids is 2. The summed E-state index contributed by atoms with van der Waals surface area (Å²) in [4.78, 5) is 24.1. The van der Waals surface area contributed by atoms with Gasteiger partial charge in [-0.2, -0.15) is 0 Å². The van der Waals surface area contributed by atoms with Crippen molar-refractivity contribution in [3.05, 3.63) is 0 Å². The largest absolute Gasteiger partial charge is 0.463 e. The maximum atomic E-state index is 12.1. The fourth-order valence-electron chi connectivity index (χ4n) is 2.90. The maximum Gasteiger partial charge on any atom is 0.309 e. The van der Waals surface area contributed by atoms with E-state index in [9.17, 15) is 9.59 Å². The predicted molar refractivity (Wildman–Crippen MR) is 98.8 cm³/mol. The second kappa shape index (κ2) is 15.0. The molecule has 26 heavy (non-hydrogen) atoms. The zero-order valence-corrected chi connectivity index (χ0v) is 16.5. The van der Waals surface area contributed by atoms with Crippen molar-refractivity contribution < 1.29 is 28.5 Å². The highest BCUT2D eigenvalue weighted by Gasteiger charge is 2.31. The van der Waals surface area contributed by atoms with E-state index >= 15 is 0 Å². The van der Waals surface area contributed by atoms with E-state index in [0.29, 0.717) is 65.3 Å². The summed E-state index contributed by atoms with van der Waals surface area (Å²) in [7, 11) is 0. The molecule has 0 aromatic heterocycles. The topological polar surface area (TPSA) is 71.1 Å². The van der Waals surface area contributed by atoms with Crippen LogP contribution in [0, 0.1) is 11.8 Å². The fraction of sp³-hybridized carbons (Fsp3) is 0.900. The van der Waals surface area contributed by atoms with Crippen LogP contribution in [0.15, 0.2) is 0 Å². The van der Waals surface area contributed by atoms with Crippen LogP contribution in [-0.4, -0.2) is 51.6 Å². The SMILES string of the molecule is CCCCOCCOC(=O)C1CCC(C(=O)OCCOCCCC)CC1. The van der Waals surface area contributed by atoms with Crippen molar-refractivity contribution in [1.82, 2.24) is 0 Å². The van der Waals surface area contributed by atoms with E-state index in [2.05, 4.69) is 13.8 Å². The minimum Gasteiger partial charge on any atom is -0.463 e. The van der Waals surface area contributed by atoms with Crippen LogP contribution >= 0.6 is 0 Å². The zero-order chi connectivity index (χ0) is 19.0. The highest BCUT2D eigenvalue weighted by atomic mass is 16.6. The lowest BCUT2D eigenvalue weighted by molar-refractivity contribution is -0.156. The first-order chi connectivity index (χ1) is 12.7. The van der Waals surface area contributed by atoms with Crippen LogP contribution in [0.4, 0.5) is 0 Å². The Balaban J connectivity index is 2.07. The van der Waals surface area contributed by atoms with Gasteiger partial charge in [-0.15, -0.1) is 0 Å². The van der Waals surface area contributed by atoms with Crippen molar-refractivity contribution in [2.45, 2.75) is 65.2 Å². The number of esters is 2. The second-order valence-corrected chi connectivity index (χ2v) is 6.82. The van der Waals surface area contributed by atoms with Crippen molar-refractivity contribution in [3.8, 4) is 0 Å². The standard InChI is InChI=1S/C20H36O6/c1-3-5-11-23-13-15-25-19(21)17-7-9-18(10-8-17)20(22)26-16-14-24-12-6-4-2/h17-18H,3-16H2,1-2H3. The lowest BCUT2D eigenvalue weighted by Crippen LogP contribution is -2.29. The molecular weight excluding hydrogens is 336 g/mol. The van der Waals surface area contributed by atoms with Gasteiger partial charge < -0.3 is 18.9 Å². The molecule has 0 heterocycles. The van der Waals surface area contributed by atoms with Gasteiger partial charge in [0.15, 0.2) is 0 Å². The second-order valence-electron chi connectivity index (χ2n) is 6.82. The van der Waals surface area contributed by atoms with Gasteiger partial charge in [0.25, 0.3) is 0 Å². The van der Waals surface area contributed by atoms with E-state index < -0.39 is 0 Å². The molecule has 0 saturated heterocycles. The summed E-state index contributed by atoms with van der Waals surface area (Å²) >= 11 is 0. The molecule has 1 rings (SSSR count). The first-order valence-corrected chi connectivity index (χ1v) is 10.2. The summed E-state index contributed by atoms with van der Waals surface area (Å²) in [6.07, 6.45) is 6.97. The highest BCUT2D eigenvalue weighted by molar-refractivity contribution is 5.75. The van der Waals surface area contributed by atoms with E-state index in [1.165, 1.54) is 0 Å². The molecule has 1 fully saturated rings. The molecule has 1 saturated carbocycles. The van der Waals surface area contributed by atoms with Crippen LogP contribution in [0.25, 0.3) is 0 Å². The Morgan fingerprint density at radius 1 is 0.654 bits per heavy atom. The van der Waals surface area contributed by atoms with Crippen LogP contribution in [0.2, 0.25) is 0 Å². The smallest absolute Gasteiger partial charge is 0.309 e. The Kier molecular flexibility index (Phi) is 13.2. The minimum absolute atomic E-state index is 0.105. The number of unbranched alkanes of at least 4 members (excludes halogenated alkanes) is 2. The maximum absolute atomic E-state index is 12.1. The number of hydrogen-bond donors (Lipinski definition) is 0. The van der Waals surface area contributed by atoms with Gasteiger partial charge in [0.1, 0.15) is 13.2 Å². The summed E-state index contributed by atoms with van der Waals surface area (Å²) in [6, 6.07) is 0. The van der Waals surface area contributed by atoms with Gasteiger partial charge in [0.2, 0.25) is 0 Å². The van der Waals surface area contributed by atoms with Gasteiger partial charge in [-0.1, -0.05) is 26.7 Å². The first kappa shape index (κ1) is 22.9. The van der Waals surface area contributed by atoms with E-state index in [-0.39, 0.29) is 23.8 Å². The van der Waals surface area contributed by atoms with Gasteiger partial charge in [0.05, 0.1) is 25.0 Å². The summed E-state index contributed by atoms with van der Waals surface area (Å²) < 4.78 is 21.3. The van der Waals surface area contributed by atoms with Crippen LogP contribution in [0.5, 0.6) is 0 Å². The van der Waals surface area contributed by atoms with Crippen molar-refractivity contribution >= 4 is 11.9 Å². The van der Waals surface area contributed by atoms with Gasteiger partial charge in [-0.3, -0.25) is 9.59 Å². The summed E-state index contributed by atoms with van der Waals surface area (Å²) in [5.41, 5.74) is 0. The third-order valence-corrected chi connectivity index (χ3v) is 4.62. The van der Waals surface area contributed by atoms with Crippen LogP contribution in [0.1, 0.15) is 65.2 Å². The molecule has 6 nitrogen and oxygen atoms in total. The van der Waals surface area contributed by atoms with E-state index in [0.717, 1.165) is 25.7 Å². The van der Waals surface area contributed by atoms with Gasteiger partial charge >= 0.3 is 11.9 Å². The quantitative estimate of drug-likeness (QED) is 0.343. The Bertz CT molecular complexity index is 340. The average Bonchev–Trinajstić information content (AvgIpc) is 2.67. The molecule has 0 aliphatic heterocycles. The normalized spacial score (nSPS) is 19.9. The molecule has 0 spiro atoms. The molecule has 0 aromatic carbocycles. The zero-order valence-electron chi connectivity index (χ0n) is 16.5. The lowest BCUT2D eigenvalue weighted by Gasteiger charge is -2.25. The van der Waals surface area contributed by atoms with E-state index in [1.54, 1.807) is 0 Å². The molecule has 0 atom stereocenters. The Morgan fingerprint density at radius 2 is 1.04 bits per heavy atom. The molecule has 152 valence electrons. The predicted octanol–water partition coefficient (Wildman–Crippen LogP) is 3.51. The molecule has 0 N–H and O–H groups in total. The number of carbonyl (C=O) groups is 2. The molecule has 0 radical (unpaired) electrons. The molecule has 0 aromatic rings. The van der Waals surface area contributed by atoms with Gasteiger partial charge in [-0.25, -0.2) is 0 Å². The van der Waals surface area contributed by atoms with Crippen molar-refractivity contribution in [2.75, 3.05) is 39.6 Å². The molecule has 1 aliphatic rings. The molecule has 0 bridgehead atoms. The molecule has 1 aliphatic carbocycles. The summed E-state index contributed by atoms with van der Waals surface area (Å²) in [6.45, 7) is 7.16. The number of rotatable bonds is 14. The molecule has 6 heteroatoms. The average molecular weight is 373 g/mol. The molecule has 0 unspecified atom stereocenters. The van der Waals surface area contributed by atoms with Gasteiger partial charge in [-0.05, 0) is 38.5 Å². The Morgan fingerprint density at radius 3 is 1.38 bits per heavy atom. The summed E-state index contributed by atoms with van der Waals surface area (Å²) in [5, 5.41) is 0. The molecular formula is C20H36O6. The molecule has 0 amide bonds. The third-order valence-electron chi connectivity index (χ3n) is 4.62. The third kappa shape index (κ3) is 10.1. The van der Waals surface area contributed by atoms with Crippen LogP contribution in [0.3, 0.4) is 0 Å². The highest BCUT2D eigenvalue weighted by Crippen LogP contribution is 2.30. The van der Waals surface area contributed by atoms with Gasteiger partial charge in [0, 0.05) is 13.2 Å². The fourth-order valence-corrected chi connectivity index (χ4v) is 2.90. The van der Waals surface area contributed by atoms with Crippen LogP contribution < -0.4 is 0 Å². The Labute approximate surface area is 157 Å². The number of hydrogen-bond acceptors (Lipinski definition) is 6. The first-order valence-electron chi connectivity index (χ1n) is 10.2. The van der Waals surface area contributed by atoms with Crippen LogP contribution in [-0.2, 0) is 28.5 Å². The lowest BCUT2D eigenvalue weighted by atomic mass is 9.82.